The lowest BCUT2D eigenvalue weighted by Crippen LogP contribution is -2.13. The highest BCUT2D eigenvalue weighted by molar-refractivity contribution is 8.00. The van der Waals surface area contributed by atoms with E-state index in [0.717, 1.165) is 4.90 Å². The summed E-state index contributed by atoms with van der Waals surface area (Å²) in [5, 5.41) is 12.4. The van der Waals surface area contributed by atoms with Crippen LogP contribution in [-0.2, 0) is 4.74 Å². The minimum absolute atomic E-state index is 0.0306. The summed E-state index contributed by atoms with van der Waals surface area (Å²) in [4.78, 5) is 13.7. The molecule has 0 unspecified atom stereocenters. The maximum absolute atomic E-state index is 14.9. The van der Waals surface area contributed by atoms with Gasteiger partial charge in [0, 0.05) is 41.8 Å². The highest BCUT2D eigenvalue weighted by Gasteiger charge is 2.13. The lowest BCUT2D eigenvalue weighted by atomic mass is 10.2. The van der Waals surface area contributed by atoms with Crippen LogP contribution in [0.25, 0.3) is 11.3 Å². The Kier molecular flexibility index (Phi) is 9.28. The number of aliphatic hydroxyl groups is 1. The molecule has 0 aliphatic rings. The minimum atomic E-state index is -0.532. The standard InChI is InChI=1S/C25H23ClFN5O3S/c26-19-3-1-2-4-24(19)36-32-17-5-6-23(20(27)15-17)35-22-8-9-28-16-18(22)21-7-10-29-25(31-21)30-11-13-34-14-12-33/h1-10,15-16,32-33H,11-14H2,(H,29,30,31). The van der Waals surface area contributed by atoms with E-state index in [2.05, 4.69) is 25.0 Å². The zero-order chi connectivity index (χ0) is 25.2. The van der Waals surface area contributed by atoms with Crippen molar-refractivity contribution in [2.24, 2.45) is 0 Å². The van der Waals surface area contributed by atoms with Gasteiger partial charge in [-0.1, -0.05) is 23.7 Å². The van der Waals surface area contributed by atoms with E-state index in [0.29, 0.717) is 46.8 Å². The van der Waals surface area contributed by atoms with Crippen molar-refractivity contribution in [2.75, 3.05) is 36.4 Å². The maximum Gasteiger partial charge on any atom is 0.223 e. The molecule has 4 rings (SSSR count). The predicted molar refractivity (Wildman–Crippen MR) is 139 cm³/mol. The summed E-state index contributed by atoms with van der Waals surface area (Å²) in [6.07, 6.45) is 4.76. The van der Waals surface area contributed by atoms with Crippen LogP contribution in [0.2, 0.25) is 5.02 Å². The molecule has 2 heterocycles. The zero-order valence-corrected chi connectivity index (χ0v) is 20.6. The number of hydrogen-bond acceptors (Lipinski definition) is 9. The Hall–Kier alpha value is -3.44. The highest BCUT2D eigenvalue weighted by Crippen LogP contribution is 2.34. The summed E-state index contributed by atoms with van der Waals surface area (Å²) in [5.74, 6) is 0.318. The Morgan fingerprint density at radius 2 is 1.92 bits per heavy atom. The molecule has 0 saturated heterocycles. The molecule has 36 heavy (non-hydrogen) atoms. The Labute approximate surface area is 217 Å². The maximum atomic E-state index is 14.9. The third kappa shape index (κ3) is 7.05. The summed E-state index contributed by atoms with van der Waals surface area (Å²) < 4.78 is 29.1. The van der Waals surface area contributed by atoms with Crippen molar-refractivity contribution in [2.45, 2.75) is 4.90 Å². The van der Waals surface area contributed by atoms with E-state index in [9.17, 15) is 4.39 Å². The fourth-order valence-electron chi connectivity index (χ4n) is 3.07. The van der Waals surface area contributed by atoms with Crippen LogP contribution in [0.1, 0.15) is 0 Å². The van der Waals surface area contributed by atoms with Gasteiger partial charge in [0.25, 0.3) is 0 Å². The van der Waals surface area contributed by atoms with Crippen LogP contribution < -0.4 is 14.8 Å². The highest BCUT2D eigenvalue weighted by atomic mass is 35.5. The van der Waals surface area contributed by atoms with Crippen LogP contribution in [0.4, 0.5) is 16.0 Å². The second-order valence-corrected chi connectivity index (χ2v) is 8.54. The molecule has 186 valence electrons. The van der Waals surface area contributed by atoms with E-state index >= 15 is 0 Å². The first-order chi connectivity index (χ1) is 17.6. The van der Waals surface area contributed by atoms with Gasteiger partial charge in [-0.3, -0.25) is 4.98 Å². The molecule has 0 aliphatic heterocycles. The molecule has 0 fully saturated rings. The molecule has 8 nitrogen and oxygen atoms in total. The van der Waals surface area contributed by atoms with Crippen molar-refractivity contribution in [3.05, 3.63) is 84.0 Å². The van der Waals surface area contributed by atoms with Crippen LogP contribution in [0.5, 0.6) is 11.5 Å². The summed E-state index contributed by atoms with van der Waals surface area (Å²) >= 11 is 7.46. The number of ether oxygens (including phenoxy) is 2. The first kappa shape index (κ1) is 25.6. The number of aromatic nitrogens is 3. The summed E-state index contributed by atoms with van der Waals surface area (Å²) in [7, 11) is 0. The molecule has 0 bridgehead atoms. The van der Waals surface area contributed by atoms with Crippen LogP contribution in [-0.4, -0.2) is 46.4 Å². The zero-order valence-electron chi connectivity index (χ0n) is 19.0. The lowest BCUT2D eigenvalue weighted by Gasteiger charge is -2.13. The van der Waals surface area contributed by atoms with Crippen molar-refractivity contribution < 1.29 is 19.0 Å². The van der Waals surface area contributed by atoms with E-state index in [1.807, 2.05) is 18.2 Å². The summed E-state index contributed by atoms with van der Waals surface area (Å²) in [5.41, 5.74) is 1.70. The number of aliphatic hydroxyl groups excluding tert-OH is 1. The summed E-state index contributed by atoms with van der Waals surface area (Å²) in [6, 6.07) is 15.4. The van der Waals surface area contributed by atoms with Gasteiger partial charge in [0.1, 0.15) is 5.75 Å². The molecule has 0 atom stereocenters. The van der Waals surface area contributed by atoms with Crippen molar-refractivity contribution >= 4 is 35.2 Å². The van der Waals surface area contributed by atoms with Gasteiger partial charge >= 0.3 is 0 Å². The molecule has 0 radical (unpaired) electrons. The van der Waals surface area contributed by atoms with E-state index < -0.39 is 5.82 Å². The van der Waals surface area contributed by atoms with Gasteiger partial charge < -0.3 is 24.6 Å². The Morgan fingerprint density at radius 3 is 2.75 bits per heavy atom. The quantitative estimate of drug-likeness (QED) is 0.159. The van der Waals surface area contributed by atoms with Crippen molar-refractivity contribution in [1.29, 1.82) is 0 Å². The van der Waals surface area contributed by atoms with Gasteiger partial charge in [-0.2, -0.15) is 0 Å². The molecule has 0 aliphatic carbocycles. The van der Waals surface area contributed by atoms with E-state index in [1.165, 1.54) is 18.0 Å². The molecule has 0 amide bonds. The average molecular weight is 528 g/mol. The number of rotatable bonds is 12. The molecule has 0 saturated carbocycles. The second-order valence-electron chi connectivity index (χ2n) is 7.28. The Morgan fingerprint density at radius 1 is 1.03 bits per heavy atom. The number of anilines is 2. The number of nitrogens with one attached hydrogen (secondary N) is 2. The Bertz CT molecular complexity index is 1300. The topological polar surface area (TPSA) is 101 Å². The van der Waals surface area contributed by atoms with Crippen molar-refractivity contribution in [3.8, 4) is 22.8 Å². The predicted octanol–water partition coefficient (Wildman–Crippen LogP) is 5.66. The third-order valence-corrected chi connectivity index (χ3v) is 6.10. The van der Waals surface area contributed by atoms with Gasteiger partial charge in [-0.25, -0.2) is 14.4 Å². The van der Waals surface area contributed by atoms with Crippen LogP contribution in [0, 0.1) is 5.82 Å². The molecule has 4 aromatic rings. The van der Waals surface area contributed by atoms with Crippen LogP contribution >= 0.6 is 23.5 Å². The molecular weight excluding hydrogens is 505 g/mol. The molecular formula is C25H23ClFN5O3S. The van der Waals surface area contributed by atoms with Gasteiger partial charge in [0.15, 0.2) is 11.6 Å². The van der Waals surface area contributed by atoms with Crippen LogP contribution in [0.15, 0.2) is 78.1 Å². The molecule has 2 aromatic carbocycles. The second kappa shape index (κ2) is 13.0. The number of benzene rings is 2. The molecule has 0 spiro atoms. The molecule has 11 heteroatoms. The normalized spacial score (nSPS) is 10.8. The Balaban J connectivity index is 1.45. The first-order valence-electron chi connectivity index (χ1n) is 11.0. The molecule has 3 N–H and O–H groups in total. The minimum Gasteiger partial charge on any atom is -0.453 e. The molecule has 2 aromatic heterocycles. The first-order valence-corrected chi connectivity index (χ1v) is 12.2. The smallest absolute Gasteiger partial charge is 0.223 e. The van der Waals surface area contributed by atoms with Gasteiger partial charge in [0.2, 0.25) is 5.95 Å². The number of hydrogen-bond donors (Lipinski definition) is 3. The fraction of sp³-hybridized carbons (Fsp3) is 0.160. The van der Waals surface area contributed by atoms with E-state index in [-0.39, 0.29) is 19.0 Å². The van der Waals surface area contributed by atoms with Gasteiger partial charge in [-0.05, 0) is 48.3 Å². The summed E-state index contributed by atoms with van der Waals surface area (Å²) in [6.45, 7) is 1.11. The fourth-order valence-corrected chi connectivity index (χ4v) is 3.98. The van der Waals surface area contributed by atoms with Gasteiger partial charge in [0.05, 0.1) is 36.1 Å². The third-order valence-electron chi connectivity index (χ3n) is 4.75. The SMILES string of the molecule is OCCOCCNc1nccc(-c2cnccc2Oc2ccc(NSc3ccccc3Cl)cc2F)n1. The number of nitrogens with zero attached hydrogens (tertiary/aromatic N) is 3. The number of pyridine rings is 1. The lowest BCUT2D eigenvalue weighted by molar-refractivity contribution is 0.0991. The van der Waals surface area contributed by atoms with E-state index in [4.69, 9.17) is 26.2 Å². The van der Waals surface area contributed by atoms with E-state index in [1.54, 1.807) is 48.9 Å². The van der Waals surface area contributed by atoms with Crippen molar-refractivity contribution in [1.82, 2.24) is 15.0 Å². The van der Waals surface area contributed by atoms with Crippen LogP contribution in [0.3, 0.4) is 0 Å². The monoisotopic (exact) mass is 527 g/mol. The van der Waals surface area contributed by atoms with Crippen molar-refractivity contribution in [3.63, 3.8) is 0 Å². The average Bonchev–Trinajstić information content (AvgIpc) is 2.90. The number of halogens is 2. The van der Waals surface area contributed by atoms with Gasteiger partial charge in [-0.15, -0.1) is 0 Å². The largest absolute Gasteiger partial charge is 0.453 e.